The number of phenolic OH excluding ortho intramolecular Hbond substituents is 1. The van der Waals surface area contributed by atoms with Crippen LogP contribution in [0.3, 0.4) is 0 Å². The van der Waals surface area contributed by atoms with Gasteiger partial charge in [-0.2, -0.15) is 0 Å². The molecule has 2 bridgehead atoms. The average Bonchev–Trinajstić information content (AvgIpc) is 3.26. The minimum Gasteiger partial charge on any atom is -0.506 e. The van der Waals surface area contributed by atoms with E-state index < -0.39 is 36.7 Å². The van der Waals surface area contributed by atoms with Crippen molar-refractivity contribution in [2.75, 3.05) is 45.9 Å². The van der Waals surface area contributed by atoms with Gasteiger partial charge in [-0.25, -0.2) is 9.59 Å². The first-order valence-corrected chi connectivity index (χ1v) is 19.9. The topological polar surface area (TPSA) is 192 Å². The van der Waals surface area contributed by atoms with Crippen LogP contribution >= 0.6 is 0 Å². The minimum atomic E-state index is -0.892. The monoisotopic (exact) mass is 803 g/mol. The number of benzene rings is 4. The van der Waals surface area contributed by atoms with Crippen LogP contribution in [0.5, 0.6) is 11.5 Å². The van der Waals surface area contributed by atoms with Crippen molar-refractivity contribution in [1.82, 2.24) is 25.8 Å². The Labute approximate surface area is 341 Å². The predicted octanol–water partition coefficient (Wildman–Crippen LogP) is 4.71. The van der Waals surface area contributed by atoms with Crippen LogP contribution in [-0.4, -0.2) is 90.0 Å². The maximum absolute atomic E-state index is 13.2. The number of aromatic amines is 1. The smallest absolute Gasteiger partial charge is 0.408 e. The number of nitrogens with one attached hydrogen (secondary N) is 4. The molecular formula is C45H49N5O9. The third kappa shape index (κ3) is 10.8. The lowest BCUT2D eigenvalue weighted by Gasteiger charge is -2.43. The highest BCUT2D eigenvalue weighted by molar-refractivity contribution is 5.91. The van der Waals surface area contributed by atoms with E-state index in [9.17, 15) is 29.4 Å². The normalized spacial score (nSPS) is 18.1. The number of aliphatic hydroxyl groups is 1. The fourth-order valence-corrected chi connectivity index (χ4v) is 7.63. The number of carbonyl (C=O) groups is 3. The molecule has 5 aromatic rings. The Morgan fingerprint density at radius 1 is 0.881 bits per heavy atom. The molecule has 0 aliphatic carbocycles. The highest BCUT2D eigenvalue weighted by Gasteiger charge is 2.37. The Hall–Kier alpha value is -6.22. The first kappa shape index (κ1) is 41.0. The van der Waals surface area contributed by atoms with E-state index in [1.807, 2.05) is 54.6 Å². The van der Waals surface area contributed by atoms with Gasteiger partial charge in [-0.3, -0.25) is 14.5 Å². The van der Waals surface area contributed by atoms with E-state index in [1.54, 1.807) is 36.4 Å². The van der Waals surface area contributed by atoms with E-state index in [4.69, 9.17) is 14.2 Å². The summed E-state index contributed by atoms with van der Waals surface area (Å²) >= 11 is 0. The van der Waals surface area contributed by atoms with E-state index in [1.165, 1.54) is 12.1 Å². The summed E-state index contributed by atoms with van der Waals surface area (Å²) in [7, 11) is 0. The lowest BCUT2D eigenvalue weighted by molar-refractivity contribution is -0.124. The molecule has 3 saturated heterocycles. The van der Waals surface area contributed by atoms with Gasteiger partial charge in [0.05, 0.1) is 23.2 Å². The number of H-pyrrole nitrogens is 1. The summed E-state index contributed by atoms with van der Waals surface area (Å²) in [6.07, 6.45) is 1.23. The number of fused-ring (bicyclic) bond motifs is 4. The van der Waals surface area contributed by atoms with E-state index >= 15 is 0 Å². The predicted molar refractivity (Wildman–Crippen MR) is 220 cm³/mol. The van der Waals surface area contributed by atoms with Gasteiger partial charge >= 0.3 is 12.1 Å². The second-order valence-corrected chi connectivity index (χ2v) is 14.9. The van der Waals surface area contributed by atoms with Crippen LogP contribution < -0.4 is 26.2 Å². The van der Waals surface area contributed by atoms with Crippen molar-refractivity contribution in [2.45, 2.75) is 44.1 Å². The van der Waals surface area contributed by atoms with Gasteiger partial charge in [0.1, 0.15) is 24.2 Å². The van der Waals surface area contributed by atoms with E-state index in [-0.39, 0.29) is 36.1 Å². The molecule has 8 rings (SSSR count). The second kappa shape index (κ2) is 19.5. The molecule has 4 heterocycles. The number of phenols is 1. The number of esters is 1. The molecule has 1 aromatic heterocycles. The van der Waals surface area contributed by atoms with Crippen molar-refractivity contribution < 1.29 is 38.8 Å². The molecule has 3 aliphatic heterocycles. The molecule has 6 N–H and O–H groups in total. The Bertz CT molecular complexity index is 2280. The summed E-state index contributed by atoms with van der Waals surface area (Å²) in [5.74, 6) is -0.131. The summed E-state index contributed by atoms with van der Waals surface area (Å²) < 4.78 is 17.3. The van der Waals surface area contributed by atoms with Crippen LogP contribution in [0, 0.1) is 5.92 Å². The van der Waals surface area contributed by atoms with Crippen LogP contribution in [0.15, 0.2) is 108 Å². The van der Waals surface area contributed by atoms with Crippen LogP contribution in [0.2, 0.25) is 0 Å². The number of aromatic hydroxyl groups is 1. The molecule has 3 aliphatic rings. The maximum atomic E-state index is 13.2. The standard InChI is InChI=1S/C45H49N5O9/c51-37-16-14-35(36-15-17-40(53)48-43(36)37)38(52)25-46-20-5-21-47-41(54)28-58-44(55)32-12-10-29(11-13-32)27-57-34-9-4-8-33(24-34)42(31-6-2-1-3-7-31)49-45(56)59-39-26-50-22-18-30(39)19-23-50/h1-4,6-17,24,30,38-39,42,46,51-52H,5,18-23,25-28H2,(H,47,54)(H,48,53)(H,49,56)/t38-,39+,42?/m1/s1. The van der Waals surface area contributed by atoms with Crippen LogP contribution in [0.1, 0.15) is 64.0 Å². The fourth-order valence-electron chi connectivity index (χ4n) is 7.63. The van der Waals surface area contributed by atoms with Crippen molar-refractivity contribution in [2.24, 2.45) is 5.92 Å². The van der Waals surface area contributed by atoms with E-state index in [2.05, 4.69) is 25.8 Å². The number of aliphatic hydroxyl groups excluding tert-OH is 1. The Morgan fingerprint density at radius 3 is 2.42 bits per heavy atom. The fraction of sp³-hybridized carbons (Fsp3) is 0.333. The largest absolute Gasteiger partial charge is 0.506 e. The highest BCUT2D eigenvalue weighted by atomic mass is 16.6. The van der Waals surface area contributed by atoms with Gasteiger partial charge in [0, 0.05) is 31.1 Å². The lowest BCUT2D eigenvalue weighted by atomic mass is 9.86. The summed E-state index contributed by atoms with van der Waals surface area (Å²) in [4.78, 5) is 54.8. The zero-order chi connectivity index (χ0) is 41.1. The van der Waals surface area contributed by atoms with Crippen LogP contribution in [0.25, 0.3) is 10.9 Å². The first-order valence-electron chi connectivity index (χ1n) is 19.9. The van der Waals surface area contributed by atoms with Crippen molar-refractivity contribution >= 4 is 28.9 Å². The molecule has 3 atom stereocenters. The maximum Gasteiger partial charge on any atom is 0.408 e. The number of rotatable bonds is 17. The number of hydrogen-bond donors (Lipinski definition) is 6. The van der Waals surface area contributed by atoms with Crippen molar-refractivity contribution in [3.05, 3.63) is 141 Å². The van der Waals surface area contributed by atoms with Crippen molar-refractivity contribution in [3.8, 4) is 11.5 Å². The molecule has 0 spiro atoms. The van der Waals surface area contributed by atoms with Gasteiger partial charge in [0.25, 0.3) is 5.91 Å². The molecule has 0 saturated carbocycles. The van der Waals surface area contributed by atoms with Crippen molar-refractivity contribution in [1.29, 1.82) is 0 Å². The third-order valence-corrected chi connectivity index (χ3v) is 10.8. The number of ether oxygens (including phenoxy) is 3. The number of nitrogens with zero attached hydrogens (tertiary/aromatic N) is 1. The molecule has 59 heavy (non-hydrogen) atoms. The first-order chi connectivity index (χ1) is 28.7. The Balaban J connectivity index is 0.823. The average molecular weight is 804 g/mol. The number of hydrogen-bond acceptors (Lipinski definition) is 11. The summed E-state index contributed by atoms with van der Waals surface area (Å²) in [6.45, 7) is 3.75. The van der Waals surface area contributed by atoms with E-state index in [0.717, 1.165) is 49.2 Å². The van der Waals surface area contributed by atoms with Gasteiger partial charge in [0.2, 0.25) is 5.56 Å². The number of carbonyl (C=O) groups excluding carboxylic acids is 3. The van der Waals surface area contributed by atoms with Gasteiger partial charge in [-0.15, -0.1) is 0 Å². The molecule has 14 nitrogen and oxygen atoms in total. The number of alkyl carbamates (subject to hydrolysis) is 1. The lowest BCUT2D eigenvalue weighted by Crippen LogP contribution is -2.52. The quantitative estimate of drug-likeness (QED) is 0.0564. The van der Waals surface area contributed by atoms with Gasteiger partial charge in [0.15, 0.2) is 6.61 Å². The third-order valence-electron chi connectivity index (χ3n) is 10.8. The summed E-state index contributed by atoms with van der Waals surface area (Å²) in [5.41, 5.74) is 3.34. The summed E-state index contributed by atoms with van der Waals surface area (Å²) in [6, 6.07) is 29.5. The number of piperidine rings is 3. The van der Waals surface area contributed by atoms with Gasteiger partial charge in [-0.1, -0.05) is 60.7 Å². The molecular weight excluding hydrogens is 755 g/mol. The summed E-state index contributed by atoms with van der Waals surface area (Å²) in [5, 5.41) is 30.2. The second-order valence-electron chi connectivity index (χ2n) is 14.9. The SMILES string of the molecule is O=C(COC(=O)c1ccc(COc2cccc(C(NC(=O)O[C@H]3CN4CCC3CC4)c3ccccc3)c2)cc1)NCCCNC[C@@H](O)c1ccc(O)c2[nH]c(=O)ccc12. The zero-order valence-electron chi connectivity index (χ0n) is 32.6. The number of pyridine rings is 1. The number of aromatic nitrogens is 1. The van der Waals surface area contributed by atoms with E-state index in [0.29, 0.717) is 47.7 Å². The molecule has 14 heteroatoms. The molecule has 3 fully saturated rings. The molecule has 1 unspecified atom stereocenters. The Morgan fingerprint density at radius 2 is 1.66 bits per heavy atom. The molecule has 4 aromatic carbocycles. The van der Waals surface area contributed by atoms with Crippen LogP contribution in [0.4, 0.5) is 4.79 Å². The molecule has 0 radical (unpaired) electrons. The van der Waals surface area contributed by atoms with Gasteiger partial charge in [-0.05, 0) is 103 Å². The highest BCUT2D eigenvalue weighted by Crippen LogP contribution is 2.31. The van der Waals surface area contributed by atoms with Crippen LogP contribution in [-0.2, 0) is 20.9 Å². The van der Waals surface area contributed by atoms with Gasteiger partial charge < -0.3 is 45.4 Å². The Kier molecular flexibility index (Phi) is 13.5. The van der Waals surface area contributed by atoms with Crippen molar-refractivity contribution in [3.63, 3.8) is 0 Å². The molecule has 308 valence electrons. The molecule has 2 amide bonds. The number of amides is 2. The zero-order valence-corrected chi connectivity index (χ0v) is 32.6. The minimum absolute atomic E-state index is 0.0791.